The summed E-state index contributed by atoms with van der Waals surface area (Å²) in [6, 6.07) is 20.0. The molecule has 21 heteroatoms. The molecule has 0 aromatic heterocycles. The van der Waals surface area contributed by atoms with Crippen LogP contribution in [0.4, 0.5) is 0 Å². The van der Waals surface area contributed by atoms with Crippen molar-refractivity contribution in [3.63, 3.8) is 0 Å². The van der Waals surface area contributed by atoms with E-state index >= 15 is 0 Å². The molecular formula is C46H54Cl2HgN6O10S2. The number of hydrogen-bond donors (Lipinski definition) is 4. The summed E-state index contributed by atoms with van der Waals surface area (Å²) in [7, 11) is -5.05. The van der Waals surface area contributed by atoms with Crippen molar-refractivity contribution < 1.29 is 73.8 Å². The summed E-state index contributed by atoms with van der Waals surface area (Å²) in [6.07, 6.45) is 10.5. The van der Waals surface area contributed by atoms with E-state index in [4.69, 9.17) is 32.7 Å². The summed E-state index contributed by atoms with van der Waals surface area (Å²) in [5.74, 6) is 0.198. The van der Waals surface area contributed by atoms with Gasteiger partial charge in [-0.3, -0.25) is 29.0 Å². The Morgan fingerprint density at radius 3 is 1.25 bits per heavy atom. The molecule has 2 saturated carbocycles. The van der Waals surface area contributed by atoms with Crippen LogP contribution < -0.4 is 39.8 Å². The summed E-state index contributed by atoms with van der Waals surface area (Å²) >= 11 is 11.9. The minimum Gasteiger partial charge on any atom is -0.846 e. The Morgan fingerprint density at radius 1 is 0.582 bits per heavy atom. The second-order valence-corrected chi connectivity index (χ2v) is 19.9. The van der Waals surface area contributed by atoms with E-state index in [-0.39, 0.29) is 61.4 Å². The molecular weight excluding hydrogens is 1130 g/mol. The predicted octanol–water partition coefficient (Wildman–Crippen LogP) is 5.29. The third kappa shape index (κ3) is 17.4. The zero-order valence-electron chi connectivity index (χ0n) is 37.4. The zero-order chi connectivity index (χ0) is 47.7. The van der Waals surface area contributed by atoms with Gasteiger partial charge < -0.3 is 30.3 Å². The monoisotopic (exact) mass is 1190 g/mol. The van der Waals surface area contributed by atoms with Gasteiger partial charge in [-0.15, -0.1) is 0 Å². The first kappa shape index (κ1) is 55.0. The fourth-order valence-corrected chi connectivity index (χ4v) is 9.50. The van der Waals surface area contributed by atoms with Crippen LogP contribution in [-0.4, -0.2) is 80.1 Å². The molecule has 0 saturated heterocycles. The Bertz CT molecular complexity index is 2380. The maximum atomic E-state index is 12.5. The summed E-state index contributed by atoms with van der Waals surface area (Å²) in [5, 5.41) is 30.5. The molecule has 0 bridgehead atoms. The molecule has 2 aliphatic rings. The number of aliphatic imine (C=N–C) groups is 2. The number of hydrogen-bond acceptors (Lipinski definition) is 12. The minimum atomic E-state index is -4.00. The first-order valence-electron chi connectivity index (χ1n) is 21.5. The summed E-state index contributed by atoms with van der Waals surface area (Å²) < 4.78 is 64.3. The van der Waals surface area contributed by atoms with Gasteiger partial charge in [-0.25, -0.2) is 16.8 Å². The molecule has 67 heavy (non-hydrogen) atoms. The maximum Gasteiger partial charge on any atom is 2.00 e. The van der Waals surface area contributed by atoms with E-state index in [0.717, 1.165) is 75.3 Å². The molecule has 6 rings (SSSR count). The third-order valence-electron chi connectivity index (χ3n) is 10.9. The van der Waals surface area contributed by atoms with Crippen LogP contribution in [-0.2, 0) is 60.6 Å². The second-order valence-electron chi connectivity index (χ2n) is 15.7. The molecule has 0 heterocycles. The Labute approximate surface area is 423 Å². The number of carbonyl (C=O) groups excluding carboxylic acids is 2. The smallest absolute Gasteiger partial charge is 0.846 e. The first-order valence-corrected chi connectivity index (χ1v) is 25.3. The number of rotatable bonds is 16. The van der Waals surface area contributed by atoms with Crippen molar-refractivity contribution in [1.82, 2.24) is 20.1 Å². The largest absolute Gasteiger partial charge is 2.00 e. The summed E-state index contributed by atoms with van der Waals surface area (Å²) in [5.41, 5.74) is 2.32. The van der Waals surface area contributed by atoms with Crippen LogP contribution >= 0.6 is 23.2 Å². The van der Waals surface area contributed by atoms with Crippen LogP contribution in [0.5, 0.6) is 11.5 Å². The van der Waals surface area contributed by atoms with Crippen molar-refractivity contribution in [2.75, 3.05) is 27.3 Å². The van der Waals surface area contributed by atoms with Crippen LogP contribution in [0, 0.1) is 0 Å². The van der Waals surface area contributed by atoms with Gasteiger partial charge in [0.25, 0.3) is 31.9 Å². The van der Waals surface area contributed by atoms with Crippen molar-refractivity contribution in [2.24, 2.45) is 9.98 Å². The van der Waals surface area contributed by atoms with E-state index in [0.29, 0.717) is 58.6 Å². The zero-order valence-corrected chi connectivity index (χ0v) is 46.0. The van der Waals surface area contributed by atoms with Crippen LogP contribution in [0.15, 0.2) is 105 Å². The topological polar surface area (TPSA) is 240 Å². The number of methoxy groups -OCH3 is 2. The van der Waals surface area contributed by atoms with Gasteiger partial charge in [-0.2, -0.15) is 0 Å². The van der Waals surface area contributed by atoms with Crippen molar-refractivity contribution in [2.45, 2.75) is 98.9 Å². The van der Waals surface area contributed by atoms with Crippen molar-refractivity contribution in [3.05, 3.63) is 117 Å². The number of ether oxygens (including phenoxy) is 2. The van der Waals surface area contributed by atoms with E-state index in [1.807, 2.05) is 9.44 Å². The normalized spacial score (nSPS) is 14.9. The van der Waals surface area contributed by atoms with Crippen molar-refractivity contribution >= 4 is 67.1 Å². The molecule has 4 aromatic carbocycles. The quantitative estimate of drug-likeness (QED) is 0.0642. The average molecular weight is 1190 g/mol. The molecule has 16 nitrogen and oxygen atoms in total. The van der Waals surface area contributed by atoms with E-state index in [1.165, 1.54) is 50.6 Å². The van der Waals surface area contributed by atoms with E-state index in [9.17, 15) is 36.6 Å². The fraction of sp³-hybridized carbons (Fsp3) is 0.391. The van der Waals surface area contributed by atoms with Gasteiger partial charge in [0.1, 0.15) is 11.5 Å². The van der Waals surface area contributed by atoms with E-state index in [2.05, 4.69) is 20.6 Å². The van der Waals surface area contributed by atoms with Crippen molar-refractivity contribution in [1.29, 1.82) is 0 Å². The molecule has 0 aliphatic heterocycles. The van der Waals surface area contributed by atoms with Crippen LogP contribution in [0.3, 0.4) is 0 Å². The summed E-state index contributed by atoms with van der Waals surface area (Å²) in [6.45, 7) is 0.662. The molecule has 4 aromatic rings. The molecule has 2 fully saturated rings. The van der Waals surface area contributed by atoms with Gasteiger partial charge in [0.05, 0.1) is 59.3 Å². The molecule has 0 radical (unpaired) electrons. The van der Waals surface area contributed by atoms with Gasteiger partial charge in [0.2, 0.25) is 0 Å². The minimum absolute atomic E-state index is 0. The molecule has 4 N–H and O–H groups in total. The number of nitrogens with one attached hydrogen (secondary N) is 4. The van der Waals surface area contributed by atoms with Crippen LogP contribution in [0.25, 0.3) is 0 Å². The number of carbonyl (C=O) groups is 2. The molecule has 0 unspecified atom stereocenters. The number of halogens is 2. The third-order valence-corrected chi connectivity index (χ3v) is 14.0. The van der Waals surface area contributed by atoms with E-state index < -0.39 is 32.1 Å². The number of amidine groups is 2. The van der Waals surface area contributed by atoms with Gasteiger partial charge in [0.15, 0.2) is 0 Å². The molecule has 0 spiro atoms. The molecule has 2 amide bonds. The van der Waals surface area contributed by atoms with Crippen LogP contribution in [0.1, 0.15) is 96.1 Å². The standard InChI is InChI=1S/2C23H28ClN3O5S.Hg/c2*1-32-21-12-9-17(24)15-20(21)22(28)25-14-13-16-7-10-19(11-8-16)33(30,31)27-23(29)26-18-5-3-2-4-6-18;/h2*7-12,15,18H,2-6,13-14H2,1H3,(H,25,28)(H2,26,27,29);/q;;+2/p-2. The average Bonchev–Trinajstić information content (AvgIpc) is 3.29. The van der Waals surface area contributed by atoms with Gasteiger partial charge in [0, 0.05) is 23.1 Å². The Hall–Kier alpha value is -4.62. The van der Waals surface area contributed by atoms with Gasteiger partial charge in [-0.05, 0) is 110 Å². The van der Waals surface area contributed by atoms with Crippen LogP contribution in [0.2, 0.25) is 10.0 Å². The second kappa shape index (κ2) is 26.8. The SMILES string of the molecule is COc1ccc(Cl)cc1C(=O)NCCc1ccc(S(=O)(=O)NC([O-])=NC2CCCCC2)cc1.COc1ccc(Cl)cc1C(=O)NCCc1ccc(S(=O)(=O)NC([O-])=NC2CCCCC2)cc1.[Hg+2]. The van der Waals surface area contributed by atoms with Gasteiger partial charge >= 0.3 is 27.7 Å². The number of benzene rings is 4. The Kier molecular flexibility index (Phi) is 22.0. The van der Waals surface area contributed by atoms with Gasteiger partial charge in [-0.1, -0.05) is 86.0 Å². The number of sulfonamides is 2. The fourth-order valence-electron chi connectivity index (χ4n) is 7.37. The first-order chi connectivity index (χ1) is 31.6. The van der Waals surface area contributed by atoms with Crippen molar-refractivity contribution in [3.8, 4) is 11.5 Å². The Morgan fingerprint density at radius 2 is 0.925 bits per heavy atom. The Balaban J connectivity index is 0.000000288. The predicted molar refractivity (Wildman–Crippen MR) is 250 cm³/mol. The summed E-state index contributed by atoms with van der Waals surface area (Å²) in [4.78, 5) is 32.7. The number of amides is 2. The molecule has 0 atom stereocenters. The number of nitrogens with zero attached hydrogens (tertiary/aromatic N) is 2. The molecule has 2 aliphatic carbocycles. The molecule has 356 valence electrons. The van der Waals surface area contributed by atoms with E-state index in [1.54, 1.807) is 48.5 Å². The maximum absolute atomic E-state index is 12.5.